The quantitative estimate of drug-likeness (QED) is 0.570. The highest BCUT2D eigenvalue weighted by Gasteiger charge is 2.37. The second-order valence-corrected chi connectivity index (χ2v) is 6.30. The molecule has 0 aromatic carbocycles. The fourth-order valence-electron chi connectivity index (χ4n) is 1.97. The highest BCUT2D eigenvalue weighted by atomic mass is 127. The Bertz CT molecular complexity index is 153. The molecule has 1 fully saturated rings. The first-order chi connectivity index (χ1) is 5.41. The number of hydrogen-bond acceptors (Lipinski definition) is 2. The molecule has 0 aromatic rings. The van der Waals surface area contributed by atoms with Crippen LogP contribution in [0.2, 0.25) is 0 Å². The number of aliphatic hydroxyl groups excluding tert-OH is 1. The fraction of sp³-hybridized carbons (Fsp3) is 1.00. The lowest BCUT2D eigenvalue weighted by molar-refractivity contribution is -0.0251. The Labute approximate surface area is 87.5 Å². The van der Waals surface area contributed by atoms with E-state index in [9.17, 15) is 10.2 Å². The van der Waals surface area contributed by atoms with Crippen LogP contribution >= 0.6 is 22.6 Å². The van der Waals surface area contributed by atoms with Crippen LogP contribution in [-0.4, -0.2) is 19.9 Å². The van der Waals surface area contributed by atoms with Crippen molar-refractivity contribution in [3.05, 3.63) is 0 Å². The Kier molecular flexibility index (Phi) is 3.40. The Morgan fingerprint density at radius 2 is 2.00 bits per heavy atom. The Morgan fingerprint density at radius 1 is 1.42 bits per heavy atom. The first-order valence-electron chi connectivity index (χ1n) is 4.50. The van der Waals surface area contributed by atoms with E-state index < -0.39 is 3.61 Å². The molecule has 0 aromatic heterocycles. The average Bonchev–Trinajstić information content (AvgIpc) is 1.83. The maximum absolute atomic E-state index is 9.73. The Hall–Kier alpha value is 0.650. The van der Waals surface area contributed by atoms with E-state index in [4.69, 9.17) is 0 Å². The number of hydrogen-bond donors (Lipinski definition) is 2. The topological polar surface area (TPSA) is 40.5 Å². The van der Waals surface area contributed by atoms with Crippen LogP contribution in [0.1, 0.15) is 33.1 Å². The van der Waals surface area contributed by atoms with E-state index in [1.54, 1.807) is 6.92 Å². The molecule has 1 saturated carbocycles. The molecule has 0 spiro atoms. The normalized spacial score (nSPS) is 42.2. The second kappa shape index (κ2) is 3.80. The fourth-order valence-corrected chi connectivity index (χ4v) is 2.69. The predicted octanol–water partition coefficient (Wildman–Crippen LogP) is 1.93. The third-order valence-electron chi connectivity index (χ3n) is 2.76. The van der Waals surface area contributed by atoms with Crippen molar-refractivity contribution in [1.29, 1.82) is 0 Å². The monoisotopic (exact) mass is 284 g/mol. The molecule has 2 N–H and O–H groups in total. The molecule has 1 unspecified atom stereocenters. The maximum atomic E-state index is 9.73. The summed E-state index contributed by atoms with van der Waals surface area (Å²) in [6.07, 6.45) is 2.59. The van der Waals surface area contributed by atoms with Crippen LogP contribution in [-0.2, 0) is 0 Å². The van der Waals surface area contributed by atoms with E-state index in [1.807, 2.05) is 22.6 Å². The van der Waals surface area contributed by atoms with Crippen molar-refractivity contribution in [2.24, 2.45) is 11.8 Å². The summed E-state index contributed by atoms with van der Waals surface area (Å²) in [5, 5.41) is 19.4. The lowest BCUT2D eigenvalue weighted by Gasteiger charge is -2.37. The molecule has 0 bridgehead atoms. The van der Waals surface area contributed by atoms with Crippen LogP contribution in [0.3, 0.4) is 0 Å². The van der Waals surface area contributed by atoms with Gasteiger partial charge in [0.25, 0.3) is 0 Å². The molecule has 2 nitrogen and oxygen atoms in total. The van der Waals surface area contributed by atoms with Crippen molar-refractivity contribution in [2.75, 3.05) is 0 Å². The third kappa shape index (κ3) is 2.57. The molecule has 0 amide bonds. The molecule has 1 rings (SSSR count). The van der Waals surface area contributed by atoms with Gasteiger partial charge in [-0.1, -0.05) is 13.3 Å². The average molecular weight is 284 g/mol. The van der Waals surface area contributed by atoms with Crippen molar-refractivity contribution >= 4 is 22.6 Å². The molecular weight excluding hydrogens is 267 g/mol. The van der Waals surface area contributed by atoms with Crippen LogP contribution in [0.5, 0.6) is 0 Å². The minimum Gasteiger partial charge on any atom is -0.393 e. The molecule has 12 heavy (non-hydrogen) atoms. The van der Waals surface area contributed by atoms with Crippen molar-refractivity contribution in [1.82, 2.24) is 0 Å². The Balaban J connectivity index is 2.57. The number of halogens is 1. The summed E-state index contributed by atoms with van der Waals surface area (Å²) in [7, 11) is 0. The van der Waals surface area contributed by atoms with Gasteiger partial charge in [-0.2, -0.15) is 0 Å². The zero-order valence-corrected chi connectivity index (χ0v) is 9.78. The predicted molar refractivity (Wildman–Crippen MR) is 57.2 cm³/mol. The van der Waals surface area contributed by atoms with E-state index >= 15 is 0 Å². The van der Waals surface area contributed by atoms with Gasteiger partial charge in [-0.3, -0.25) is 0 Å². The van der Waals surface area contributed by atoms with Gasteiger partial charge < -0.3 is 10.2 Å². The van der Waals surface area contributed by atoms with Gasteiger partial charge in [0.05, 0.1) is 6.10 Å². The lowest BCUT2D eigenvalue weighted by atomic mass is 9.78. The molecule has 3 heteroatoms. The van der Waals surface area contributed by atoms with E-state index in [1.165, 1.54) is 0 Å². The zero-order valence-electron chi connectivity index (χ0n) is 7.63. The molecule has 1 aliphatic carbocycles. The van der Waals surface area contributed by atoms with Crippen molar-refractivity contribution in [2.45, 2.75) is 42.8 Å². The summed E-state index contributed by atoms with van der Waals surface area (Å²) >= 11 is 2.01. The van der Waals surface area contributed by atoms with Gasteiger partial charge in [-0.25, -0.2) is 0 Å². The molecule has 0 heterocycles. The number of rotatable bonds is 1. The molecule has 72 valence electrons. The Morgan fingerprint density at radius 3 is 2.42 bits per heavy atom. The van der Waals surface area contributed by atoms with Gasteiger partial charge in [0, 0.05) is 5.92 Å². The summed E-state index contributed by atoms with van der Waals surface area (Å²) in [4.78, 5) is 0. The minimum absolute atomic E-state index is 0.0503. The highest BCUT2D eigenvalue weighted by molar-refractivity contribution is 14.1. The largest absolute Gasteiger partial charge is 0.393 e. The smallest absolute Gasteiger partial charge is 0.118 e. The van der Waals surface area contributed by atoms with Gasteiger partial charge in [0.1, 0.15) is 3.61 Å². The number of aliphatic hydroxyl groups is 2. The van der Waals surface area contributed by atoms with Gasteiger partial charge in [-0.15, -0.1) is 0 Å². The molecule has 0 radical (unpaired) electrons. The van der Waals surface area contributed by atoms with Gasteiger partial charge in [0.15, 0.2) is 0 Å². The number of alkyl halides is 1. The van der Waals surface area contributed by atoms with Gasteiger partial charge in [0.2, 0.25) is 0 Å². The first kappa shape index (κ1) is 10.7. The summed E-state index contributed by atoms with van der Waals surface area (Å²) in [5.41, 5.74) is 0. The van der Waals surface area contributed by atoms with Crippen molar-refractivity contribution < 1.29 is 10.2 Å². The summed E-state index contributed by atoms with van der Waals surface area (Å²) in [6.45, 7) is 3.93. The summed E-state index contributed by atoms with van der Waals surface area (Å²) in [5.74, 6) is 0.657. The van der Waals surface area contributed by atoms with E-state index in [0.717, 1.165) is 19.3 Å². The van der Waals surface area contributed by atoms with Crippen molar-refractivity contribution in [3.8, 4) is 0 Å². The SMILES string of the molecule is C[C@H]1CC[C@H](C(C)(O)I)[C@H](O)C1. The minimum atomic E-state index is -0.753. The van der Waals surface area contributed by atoms with E-state index in [2.05, 4.69) is 6.92 Å². The van der Waals surface area contributed by atoms with E-state index in [-0.39, 0.29) is 12.0 Å². The van der Waals surface area contributed by atoms with Crippen LogP contribution in [0, 0.1) is 11.8 Å². The van der Waals surface area contributed by atoms with E-state index in [0.29, 0.717) is 5.92 Å². The summed E-state index contributed by atoms with van der Waals surface area (Å²) in [6, 6.07) is 0. The highest BCUT2D eigenvalue weighted by Crippen LogP contribution is 2.38. The second-order valence-electron chi connectivity index (χ2n) is 4.12. The maximum Gasteiger partial charge on any atom is 0.118 e. The summed E-state index contributed by atoms with van der Waals surface area (Å²) < 4.78 is -0.753. The van der Waals surface area contributed by atoms with Crippen LogP contribution < -0.4 is 0 Å². The van der Waals surface area contributed by atoms with Crippen LogP contribution in [0.25, 0.3) is 0 Å². The van der Waals surface area contributed by atoms with Crippen LogP contribution in [0.15, 0.2) is 0 Å². The molecular formula is C9H17IO2. The standard InChI is InChI=1S/C9H17IO2/c1-6-3-4-7(8(11)5-6)9(2,10)12/h6-8,11-12H,3-5H2,1-2H3/t6-,7-,8+,9?/m0/s1. The zero-order chi connectivity index (χ0) is 9.35. The van der Waals surface area contributed by atoms with Gasteiger partial charge >= 0.3 is 0 Å². The molecule has 0 aliphatic heterocycles. The first-order valence-corrected chi connectivity index (χ1v) is 5.58. The molecule has 0 saturated heterocycles. The molecule has 1 aliphatic rings. The van der Waals surface area contributed by atoms with Crippen LogP contribution in [0.4, 0.5) is 0 Å². The van der Waals surface area contributed by atoms with Gasteiger partial charge in [-0.05, 0) is 48.3 Å². The lowest BCUT2D eigenvalue weighted by Crippen LogP contribution is -2.40. The van der Waals surface area contributed by atoms with Crippen molar-refractivity contribution in [3.63, 3.8) is 0 Å². The third-order valence-corrected chi connectivity index (χ3v) is 3.56. The molecule has 4 atom stereocenters.